The molecule has 11 aromatic carbocycles. The van der Waals surface area contributed by atoms with Gasteiger partial charge in [0.15, 0.2) is 0 Å². The summed E-state index contributed by atoms with van der Waals surface area (Å²) in [6.45, 7) is 20.1. The number of urea groups is 1. The van der Waals surface area contributed by atoms with E-state index in [9.17, 15) is 0 Å². The molecule has 5 nitrogen and oxygen atoms in total. The summed E-state index contributed by atoms with van der Waals surface area (Å²) >= 11 is 3.71. The zero-order valence-electron chi connectivity index (χ0n) is 49.6. The van der Waals surface area contributed by atoms with Crippen LogP contribution in [-0.4, -0.2) is 28.6 Å². The van der Waals surface area contributed by atoms with Crippen LogP contribution < -0.4 is 42.6 Å². The molecule has 15 aromatic rings. The number of fused-ring (bicyclic) bond motifs is 20. The minimum Gasteiger partial charge on any atom is -0.308 e. The second-order valence-corrected chi connectivity index (χ2v) is 28.6. The minimum absolute atomic E-state index is 0.0512. The predicted molar refractivity (Wildman–Crippen MR) is 378 cm³/mol. The van der Waals surface area contributed by atoms with E-state index in [0.29, 0.717) is 0 Å². The maximum atomic E-state index is 18.3. The van der Waals surface area contributed by atoms with Crippen LogP contribution in [0.3, 0.4) is 0 Å². The zero-order chi connectivity index (χ0) is 58.7. The first kappa shape index (κ1) is 50.9. The number of carbonyl (C=O) groups is 1. The Morgan fingerprint density at radius 3 is 1.36 bits per heavy atom. The molecule has 18 rings (SSSR count). The second-order valence-electron chi connectivity index (χ2n) is 26.3. The van der Waals surface area contributed by atoms with E-state index in [4.69, 9.17) is 0 Å². The van der Waals surface area contributed by atoms with E-state index in [2.05, 4.69) is 286 Å². The molecule has 0 saturated carbocycles. The van der Waals surface area contributed by atoms with Crippen molar-refractivity contribution < 1.29 is 4.79 Å². The van der Waals surface area contributed by atoms with E-state index in [1.165, 1.54) is 51.8 Å². The van der Waals surface area contributed by atoms with Gasteiger partial charge in [-0.3, -0.25) is 9.80 Å². The third-order valence-electron chi connectivity index (χ3n) is 19.6. The molecule has 3 aliphatic rings. The average Bonchev–Trinajstić information content (AvgIpc) is 1.66. The third kappa shape index (κ3) is 6.73. The normalized spacial score (nSPS) is 13.9. The topological polar surface area (TPSA) is 33.4 Å². The maximum Gasteiger partial charge on any atom is 0.338 e. The van der Waals surface area contributed by atoms with Gasteiger partial charge in [-0.2, -0.15) is 0 Å². The van der Waals surface area contributed by atoms with Crippen molar-refractivity contribution in [2.24, 2.45) is 0 Å². The quantitative estimate of drug-likeness (QED) is 0.158. The van der Waals surface area contributed by atoms with E-state index in [1.807, 2.05) is 22.7 Å². The summed E-state index contributed by atoms with van der Waals surface area (Å²) < 4.78 is 8.56. The van der Waals surface area contributed by atoms with Crippen molar-refractivity contribution in [2.45, 2.75) is 59.3 Å². The summed E-state index contributed by atoms with van der Waals surface area (Å²) in [5.41, 5.74) is 20.8. The summed E-state index contributed by atoms with van der Waals surface area (Å²) in [6, 6.07) is 76.6. The summed E-state index contributed by atoms with van der Waals surface area (Å²) in [7, 11) is 0. The van der Waals surface area contributed by atoms with Gasteiger partial charge in [-0.25, -0.2) is 4.79 Å². The fourth-order valence-corrected chi connectivity index (χ4v) is 18.2. The largest absolute Gasteiger partial charge is 0.338 e. The van der Waals surface area contributed by atoms with Crippen LogP contribution in [0.5, 0.6) is 0 Å². The first-order valence-electron chi connectivity index (χ1n) is 30.4. The van der Waals surface area contributed by atoms with Gasteiger partial charge in [-0.05, 0) is 120 Å². The van der Waals surface area contributed by atoms with Crippen LogP contribution in [0.1, 0.15) is 63.1 Å². The number of para-hydroxylation sites is 4. The highest BCUT2D eigenvalue weighted by molar-refractivity contribution is 7.27. The van der Waals surface area contributed by atoms with Gasteiger partial charge in [-0.1, -0.05) is 229 Å². The highest BCUT2D eigenvalue weighted by Crippen LogP contribution is 2.56. The van der Waals surface area contributed by atoms with Crippen LogP contribution in [0.25, 0.3) is 102 Å². The Labute approximate surface area is 513 Å². The molecule has 7 heterocycles. The van der Waals surface area contributed by atoms with E-state index in [0.717, 1.165) is 121 Å². The molecule has 0 spiro atoms. The van der Waals surface area contributed by atoms with Gasteiger partial charge in [-0.15, -0.1) is 22.7 Å². The molecule has 2 amide bonds. The van der Waals surface area contributed by atoms with Gasteiger partial charge in [0.25, 0.3) is 0 Å². The Morgan fingerprint density at radius 2 is 0.874 bits per heavy atom. The molecule has 0 unspecified atom stereocenters. The van der Waals surface area contributed by atoms with Gasteiger partial charge in [0.05, 0.1) is 54.2 Å². The number of amides is 2. The monoisotopic (exact) mass is 1150 g/mol. The smallest absolute Gasteiger partial charge is 0.308 e. The Balaban J connectivity index is 1.08. The van der Waals surface area contributed by atoms with Crippen molar-refractivity contribution in [1.82, 2.24) is 9.13 Å². The molecule has 9 heteroatoms. The Morgan fingerprint density at radius 1 is 0.437 bits per heavy atom. The lowest BCUT2D eigenvalue weighted by molar-refractivity contribution is 0.255. The van der Waals surface area contributed by atoms with E-state index >= 15 is 4.79 Å². The van der Waals surface area contributed by atoms with Crippen LogP contribution in [0.15, 0.2) is 213 Å². The maximum absolute atomic E-state index is 18.3. The van der Waals surface area contributed by atoms with Crippen LogP contribution in [0.2, 0.25) is 0 Å². The molecule has 0 saturated heterocycles. The van der Waals surface area contributed by atoms with Gasteiger partial charge >= 0.3 is 6.03 Å². The molecule has 0 radical (unpaired) electrons. The van der Waals surface area contributed by atoms with E-state index in [-0.39, 0.29) is 30.3 Å². The number of thiophene rings is 2. The Kier molecular flexibility index (Phi) is 10.4. The molecular formula is C78H58B2N4OS2. The zero-order valence-corrected chi connectivity index (χ0v) is 51.2. The highest BCUT2D eigenvalue weighted by Gasteiger charge is 2.52. The molecule has 0 N–H and O–H groups in total. The van der Waals surface area contributed by atoms with Crippen LogP contribution in [0, 0.1) is 6.92 Å². The number of rotatable bonds is 5. The second kappa shape index (κ2) is 17.9. The average molecular weight is 1150 g/mol. The molecule has 414 valence electrons. The van der Waals surface area contributed by atoms with E-state index in [1.54, 1.807) is 0 Å². The number of aromatic nitrogens is 2. The minimum atomic E-state index is -0.262. The van der Waals surface area contributed by atoms with E-state index < -0.39 is 0 Å². The third-order valence-corrected chi connectivity index (χ3v) is 21.9. The van der Waals surface area contributed by atoms with Crippen molar-refractivity contribution in [3.8, 4) is 11.4 Å². The van der Waals surface area contributed by atoms with Crippen molar-refractivity contribution in [3.63, 3.8) is 0 Å². The van der Waals surface area contributed by atoms with Gasteiger partial charge in [0.1, 0.15) is 0 Å². The van der Waals surface area contributed by atoms with Crippen LogP contribution in [0.4, 0.5) is 27.5 Å². The number of aryl methyl sites for hydroxylation is 1. The van der Waals surface area contributed by atoms with Crippen LogP contribution >= 0.6 is 22.7 Å². The fourth-order valence-electron chi connectivity index (χ4n) is 15.8. The molecule has 4 aromatic heterocycles. The first-order valence-corrected chi connectivity index (χ1v) is 32.0. The standard InChI is InChI=1S/C78H58B2N4OS2/c1-9-52-44(2)86-74-62(52)66-70(64-53-26-16-19-29-58(53)81(72(64)74)50-22-12-10-13-23-50)83-68-56(79(66)48-38-34-46(35-39-48)77(3,4)5)42-32-45-33-43-57-69(61(45)68)84(76(83)85)71-65-54-27-17-20-30-59(54)82(51-24-14-11-15-25-51)73(65)75-63(55-28-18-21-31-60(55)87-75)67(71)80(57)49-40-36-47(37-41-49)78(6,7)8/h9-43H,1H2,2-8H3. The van der Waals surface area contributed by atoms with Crippen molar-refractivity contribution in [3.05, 3.63) is 234 Å². The molecule has 0 atom stereocenters. The lowest BCUT2D eigenvalue weighted by Gasteiger charge is -2.47. The Hall–Kier alpha value is -9.40. The van der Waals surface area contributed by atoms with Gasteiger partial charge in [0, 0.05) is 47.9 Å². The van der Waals surface area contributed by atoms with Crippen molar-refractivity contribution in [1.29, 1.82) is 0 Å². The number of hydrogen-bond acceptors (Lipinski definition) is 3. The summed E-state index contributed by atoms with van der Waals surface area (Å²) in [4.78, 5) is 23.9. The highest BCUT2D eigenvalue weighted by atomic mass is 32.1. The van der Waals surface area contributed by atoms with Gasteiger partial charge < -0.3 is 9.13 Å². The molecule has 87 heavy (non-hydrogen) atoms. The number of hydrogen-bond donors (Lipinski definition) is 0. The van der Waals surface area contributed by atoms with Crippen molar-refractivity contribution in [2.75, 3.05) is 9.80 Å². The SMILES string of the molecule is C=Cc1c(C)sc2c1c1c(c3c4ccccc4n(-c4ccccc4)c23)N2C(=O)N3c4c(ccc5ccc(c2c45)B1c1ccc(C(C)(C)C)cc1)B(c1ccc(C(C)(C)C)cc1)c1c3c2c3ccccc3n(-c3ccccc3)c2c2sc3ccccc3c12. The van der Waals surface area contributed by atoms with Crippen molar-refractivity contribution >= 4 is 188 Å². The van der Waals surface area contributed by atoms with Gasteiger partial charge in [0.2, 0.25) is 13.4 Å². The molecule has 0 fully saturated rings. The Bertz CT molecular complexity index is 5540. The summed E-state index contributed by atoms with van der Waals surface area (Å²) in [6.07, 6.45) is 2.07. The lowest BCUT2D eigenvalue weighted by atomic mass is 9.33. The first-order chi connectivity index (χ1) is 42.3. The number of anilines is 4. The molecule has 0 aliphatic carbocycles. The van der Waals surface area contributed by atoms with Crippen LogP contribution in [-0.2, 0) is 10.8 Å². The molecule has 3 aliphatic heterocycles. The number of benzene rings is 11. The lowest BCUT2D eigenvalue weighted by Crippen LogP contribution is -2.64. The fraction of sp³-hybridized carbons (Fsp3) is 0.115. The molecular weight excluding hydrogens is 1090 g/mol. The summed E-state index contributed by atoms with van der Waals surface area (Å²) in [5, 5.41) is 10.1. The number of nitrogens with zero attached hydrogens (tertiary/aromatic N) is 4. The predicted octanol–water partition coefficient (Wildman–Crippen LogP) is 17.2. The number of carbonyl (C=O) groups excluding carboxylic acids is 1. The molecule has 0 bridgehead atoms. The summed E-state index contributed by atoms with van der Waals surface area (Å²) in [5.74, 6) is 0.